The summed E-state index contributed by atoms with van der Waals surface area (Å²) >= 11 is 2.21. The Balaban J connectivity index is 1.86. The summed E-state index contributed by atoms with van der Waals surface area (Å²) in [6.07, 6.45) is 0. The summed E-state index contributed by atoms with van der Waals surface area (Å²) < 4.78 is 6.24. The van der Waals surface area contributed by atoms with Gasteiger partial charge in [-0.15, -0.1) is 0 Å². The van der Waals surface area contributed by atoms with E-state index >= 15 is 0 Å². The second kappa shape index (κ2) is 5.67. The van der Waals surface area contributed by atoms with E-state index in [1.165, 1.54) is 5.56 Å². The molecule has 1 aliphatic heterocycles. The van der Waals surface area contributed by atoms with Gasteiger partial charge in [0, 0.05) is 16.7 Å². The molecule has 2 aromatic rings. The standard InChI is InChI=1S/C17H16INO2/c1-11-3-5-12(6-4-11)9-19-10-13-7-14(21-2)8-15(18)16(13)17(19)20/h3-8H,9-10H2,1-2H3. The highest BCUT2D eigenvalue weighted by Gasteiger charge is 2.30. The quantitative estimate of drug-likeness (QED) is 0.744. The first-order chi connectivity index (χ1) is 10.1. The number of nitrogens with zero attached hydrogens (tertiary/aromatic N) is 1. The summed E-state index contributed by atoms with van der Waals surface area (Å²) in [7, 11) is 1.65. The van der Waals surface area contributed by atoms with Gasteiger partial charge in [0.2, 0.25) is 0 Å². The minimum Gasteiger partial charge on any atom is -0.497 e. The molecule has 1 amide bonds. The van der Waals surface area contributed by atoms with Gasteiger partial charge in [0.05, 0.1) is 12.7 Å². The van der Waals surface area contributed by atoms with Crippen LogP contribution in [0.3, 0.4) is 0 Å². The van der Waals surface area contributed by atoms with Gasteiger partial charge in [-0.05, 0) is 52.8 Å². The zero-order chi connectivity index (χ0) is 15.0. The summed E-state index contributed by atoms with van der Waals surface area (Å²) in [6, 6.07) is 12.2. The molecule has 0 N–H and O–H groups in total. The smallest absolute Gasteiger partial charge is 0.255 e. The molecule has 0 aliphatic carbocycles. The maximum atomic E-state index is 12.6. The predicted octanol–water partition coefficient (Wildman–Crippen LogP) is 3.76. The number of rotatable bonds is 3. The first-order valence-electron chi connectivity index (χ1n) is 6.79. The van der Waals surface area contributed by atoms with Gasteiger partial charge < -0.3 is 9.64 Å². The number of fused-ring (bicyclic) bond motifs is 1. The Hall–Kier alpha value is -1.56. The minimum absolute atomic E-state index is 0.109. The van der Waals surface area contributed by atoms with Gasteiger partial charge in [-0.25, -0.2) is 0 Å². The van der Waals surface area contributed by atoms with Crippen molar-refractivity contribution in [2.24, 2.45) is 0 Å². The molecule has 0 atom stereocenters. The summed E-state index contributed by atoms with van der Waals surface area (Å²) in [5.41, 5.74) is 4.26. The first-order valence-corrected chi connectivity index (χ1v) is 7.87. The molecule has 1 heterocycles. The predicted molar refractivity (Wildman–Crippen MR) is 90.5 cm³/mol. The van der Waals surface area contributed by atoms with Gasteiger partial charge in [0.1, 0.15) is 5.75 Å². The molecule has 2 aromatic carbocycles. The lowest BCUT2D eigenvalue weighted by molar-refractivity contribution is 0.0766. The van der Waals surface area contributed by atoms with Gasteiger partial charge in [0.25, 0.3) is 5.91 Å². The van der Waals surface area contributed by atoms with Gasteiger partial charge in [-0.3, -0.25) is 4.79 Å². The average Bonchev–Trinajstić information content (AvgIpc) is 2.78. The Morgan fingerprint density at radius 1 is 1.24 bits per heavy atom. The Morgan fingerprint density at radius 2 is 1.95 bits per heavy atom. The fourth-order valence-electron chi connectivity index (χ4n) is 2.60. The number of hydrogen-bond acceptors (Lipinski definition) is 2. The lowest BCUT2D eigenvalue weighted by Gasteiger charge is -2.15. The molecule has 21 heavy (non-hydrogen) atoms. The van der Waals surface area contributed by atoms with E-state index in [1.54, 1.807) is 7.11 Å². The van der Waals surface area contributed by atoms with E-state index in [4.69, 9.17) is 4.74 Å². The molecule has 0 spiro atoms. The lowest BCUT2D eigenvalue weighted by atomic mass is 10.1. The normalized spacial score (nSPS) is 13.5. The highest BCUT2D eigenvalue weighted by Crippen LogP contribution is 2.32. The molecule has 3 nitrogen and oxygen atoms in total. The minimum atomic E-state index is 0.109. The monoisotopic (exact) mass is 393 g/mol. The molecular formula is C17H16INO2. The van der Waals surface area contributed by atoms with E-state index in [-0.39, 0.29) is 5.91 Å². The van der Waals surface area contributed by atoms with Crippen molar-refractivity contribution >= 4 is 28.5 Å². The van der Waals surface area contributed by atoms with E-state index in [9.17, 15) is 4.79 Å². The molecule has 0 radical (unpaired) electrons. The van der Waals surface area contributed by atoms with E-state index in [2.05, 4.69) is 53.8 Å². The summed E-state index contributed by atoms with van der Waals surface area (Å²) in [4.78, 5) is 14.5. The summed E-state index contributed by atoms with van der Waals surface area (Å²) in [6.45, 7) is 3.36. The van der Waals surface area contributed by atoms with Crippen molar-refractivity contribution in [1.82, 2.24) is 4.90 Å². The largest absolute Gasteiger partial charge is 0.497 e. The molecule has 0 aromatic heterocycles. The highest BCUT2D eigenvalue weighted by atomic mass is 127. The van der Waals surface area contributed by atoms with Crippen LogP contribution in [-0.2, 0) is 13.1 Å². The number of hydrogen-bond donors (Lipinski definition) is 0. The SMILES string of the molecule is COc1cc(I)c2c(c1)CN(Cc1ccc(C)cc1)C2=O. The Morgan fingerprint density at radius 3 is 2.62 bits per heavy atom. The fourth-order valence-corrected chi connectivity index (χ4v) is 3.48. The third kappa shape index (κ3) is 2.77. The number of methoxy groups -OCH3 is 1. The van der Waals surface area contributed by atoms with Crippen LogP contribution in [0.4, 0.5) is 0 Å². The number of amides is 1. The maximum Gasteiger partial charge on any atom is 0.255 e. The maximum absolute atomic E-state index is 12.6. The Labute approximate surface area is 138 Å². The number of carbonyl (C=O) groups excluding carboxylic acids is 1. The topological polar surface area (TPSA) is 29.5 Å². The Kier molecular flexibility index (Phi) is 3.89. The van der Waals surface area contributed by atoms with Crippen LogP contribution in [0.5, 0.6) is 5.75 Å². The third-order valence-corrected chi connectivity index (χ3v) is 4.59. The second-order valence-corrected chi connectivity index (χ2v) is 6.45. The van der Waals surface area contributed by atoms with Crippen LogP contribution < -0.4 is 4.74 Å². The zero-order valence-corrected chi connectivity index (χ0v) is 14.2. The first kappa shape index (κ1) is 14.4. The summed E-state index contributed by atoms with van der Waals surface area (Å²) in [5.74, 6) is 0.917. The van der Waals surface area contributed by atoms with Gasteiger partial charge in [-0.1, -0.05) is 29.8 Å². The van der Waals surface area contributed by atoms with Crippen molar-refractivity contribution in [2.45, 2.75) is 20.0 Å². The lowest BCUT2D eigenvalue weighted by Crippen LogP contribution is -2.23. The van der Waals surface area contributed by atoms with E-state index < -0.39 is 0 Å². The second-order valence-electron chi connectivity index (χ2n) is 5.29. The van der Waals surface area contributed by atoms with Gasteiger partial charge in [0.15, 0.2) is 0 Å². The average molecular weight is 393 g/mol. The third-order valence-electron chi connectivity index (χ3n) is 3.74. The van der Waals surface area contributed by atoms with Crippen LogP contribution in [0.25, 0.3) is 0 Å². The number of aryl methyl sites for hydroxylation is 1. The van der Waals surface area contributed by atoms with Crippen molar-refractivity contribution in [1.29, 1.82) is 0 Å². The number of carbonyl (C=O) groups is 1. The van der Waals surface area contributed by atoms with Crippen LogP contribution in [0.15, 0.2) is 36.4 Å². The molecule has 4 heteroatoms. The van der Waals surface area contributed by atoms with Crippen LogP contribution in [-0.4, -0.2) is 17.9 Å². The van der Waals surface area contributed by atoms with Gasteiger partial charge in [-0.2, -0.15) is 0 Å². The fraction of sp³-hybridized carbons (Fsp3) is 0.235. The molecule has 0 unspecified atom stereocenters. The highest BCUT2D eigenvalue weighted by molar-refractivity contribution is 14.1. The van der Waals surface area contributed by atoms with E-state index in [1.807, 2.05) is 17.0 Å². The van der Waals surface area contributed by atoms with E-state index in [0.29, 0.717) is 13.1 Å². The Bertz CT molecular complexity index is 695. The van der Waals surface area contributed by atoms with Crippen molar-refractivity contribution in [2.75, 3.05) is 7.11 Å². The molecule has 0 saturated heterocycles. The zero-order valence-electron chi connectivity index (χ0n) is 12.0. The van der Waals surface area contributed by atoms with Crippen LogP contribution in [0.1, 0.15) is 27.0 Å². The van der Waals surface area contributed by atoms with Crippen molar-refractivity contribution in [3.05, 3.63) is 62.2 Å². The molecular weight excluding hydrogens is 377 g/mol. The van der Waals surface area contributed by atoms with Crippen molar-refractivity contribution in [3.8, 4) is 5.75 Å². The number of ether oxygens (including phenoxy) is 1. The van der Waals surface area contributed by atoms with Crippen LogP contribution in [0.2, 0.25) is 0 Å². The molecule has 0 saturated carbocycles. The molecule has 0 bridgehead atoms. The number of halogens is 1. The number of benzene rings is 2. The van der Waals surface area contributed by atoms with Crippen molar-refractivity contribution in [3.63, 3.8) is 0 Å². The van der Waals surface area contributed by atoms with Crippen molar-refractivity contribution < 1.29 is 9.53 Å². The molecule has 1 aliphatic rings. The summed E-state index contributed by atoms with van der Waals surface area (Å²) in [5, 5.41) is 0. The molecule has 3 rings (SSSR count). The van der Waals surface area contributed by atoms with Gasteiger partial charge >= 0.3 is 0 Å². The van der Waals surface area contributed by atoms with Crippen LogP contribution in [0, 0.1) is 10.5 Å². The molecule has 108 valence electrons. The van der Waals surface area contributed by atoms with Crippen LogP contribution >= 0.6 is 22.6 Å². The molecule has 0 fully saturated rings. The van der Waals surface area contributed by atoms with E-state index in [0.717, 1.165) is 26.0 Å².